The summed E-state index contributed by atoms with van der Waals surface area (Å²) >= 11 is 0. The Balaban J connectivity index is 1.98. The fourth-order valence-corrected chi connectivity index (χ4v) is 4.11. The molecule has 0 unspecified atom stereocenters. The van der Waals surface area contributed by atoms with Crippen LogP contribution in [0.4, 0.5) is 0 Å². The first-order valence-corrected chi connectivity index (χ1v) is 9.39. The third kappa shape index (κ3) is 3.45. The second kappa shape index (κ2) is 6.92. The lowest BCUT2D eigenvalue weighted by atomic mass is 10.1. The Kier molecular flexibility index (Phi) is 4.79. The van der Waals surface area contributed by atoms with E-state index >= 15 is 0 Å². The van der Waals surface area contributed by atoms with Crippen molar-refractivity contribution in [3.05, 3.63) is 47.0 Å². The molecular formula is C18H19N3O5S. The van der Waals surface area contributed by atoms with Crippen LogP contribution in [0.25, 0.3) is 0 Å². The summed E-state index contributed by atoms with van der Waals surface area (Å²) in [6.07, 6.45) is 1.52. The van der Waals surface area contributed by atoms with E-state index in [9.17, 15) is 13.5 Å². The standard InChI is InChI=1S/C18H19N3O5S/c1-11-7-13-17(16(8-11)26-4)27(23,24)20-18(13)21(2)19-10-12-5-6-14(22)15(9-12)25-3/h5-10,22H,1-4H3. The molecule has 0 aliphatic carbocycles. The Hall–Kier alpha value is -3.07. The van der Waals surface area contributed by atoms with Crippen molar-refractivity contribution < 1.29 is 23.0 Å². The van der Waals surface area contributed by atoms with Crippen molar-refractivity contribution in [2.45, 2.75) is 11.8 Å². The molecule has 0 saturated carbocycles. The molecule has 0 saturated heterocycles. The number of nitrogens with zero attached hydrogens (tertiary/aromatic N) is 3. The topological polar surface area (TPSA) is 101 Å². The highest BCUT2D eigenvalue weighted by Gasteiger charge is 2.34. The highest BCUT2D eigenvalue weighted by atomic mass is 32.2. The Morgan fingerprint density at radius 2 is 1.85 bits per heavy atom. The van der Waals surface area contributed by atoms with Crippen LogP contribution in [0.3, 0.4) is 0 Å². The molecule has 1 heterocycles. The molecule has 1 N–H and O–H groups in total. The van der Waals surface area contributed by atoms with Gasteiger partial charge in [0.1, 0.15) is 10.6 Å². The normalized spacial score (nSPS) is 14.7. The van der Waals surface area contributed by atoms with Crippen molar-refractivity contribution in [3.63, 3.8) is 0 Å². The number of amidine groups is 1. The molecule has 0 fully saturated rings. The molecule has 0 amide bonds. The molecule has 0 aromatic heterocycles. The molecule has 1 aliphatic rings. The Labute approximate surface area is 157 Å². The number of hydrazone groups is 1. The lowest BCUT2D eigenvalue weighted by molar-refractivity contribution is 0.373. The smallest absolute Gasteiger partial charge is 0.288 e. The van der Waals surface area contributed by atoms with Gasteiger partial charge in [-0.05, 0) is 48.4 Å². The number of phenolic OH excluding ortho intramolecular Hbond substituents is 1. The van der Waals surface area contributed by atoms with Crippen LogP contribution in [-0.2, 0) is 10.0 Å². The van der Waals surface area contributed by atoms with Crippen molar-refractivity contribution in [2.24, 2.45) is 9.50 Å². The number of hydrogen-bond acceptors (Lipinski definition) is 7. The number of rotatable bonds is 4. The van der Waals surface area contributed by atoms with E-state index in [-0.39, 0.29) is 22.2 Å². The van der Waals surface area contributed by atoms with Gasteiger partial charge in [0, 0.05) is 12.6 Å². The summed E-state index contributed by atoms with van der Waals surface area (Å²) in [6.45, 7) is 1.84. The number of sulfonamides is 1. The van der Waals surface area contributed by atoms with Gasteiger partial charge in [0.15, 0.2) is 17.3 Å². The van der Waals surface area contributed by atoms with E-state index in [0.29, 0.717) is 16.9 Å². The number of hydrogen-bond donors (Lipinski definition) is 1. The molecule has 1 aliphatic heterocycles. The molecule has 0 atom stereocenters. The van der Waals surface area contributed by atoms with Crippen molar-refractivity contribution in [3.8, 4) is 17.2 Å². The third-order valence-corrected chi connectivity index (χ3v) is 5.37. The summed E-state index contributed by atoms with van der Waals surface area (Å²) in [7, 11) is 0.610. The number of aryl methyl sites for hydroxylation is 1. The van der Waals surface area contributed by atoms with E-state index < -0.39 is 10.0 Å². The quantitative estimate of drug-likeness (QED) is 0.635. The summed E-state index contributed by atoms with van der Waals surface area (Å²) in [5, 5.41) is 15.3. The van der Waals surface area contributed by atoms with Gasteiger partial charge < -0.3 is 14.6 Å². The summed E-state index contributed by atoms with van der Waals surface area (Å²) in [5.41, 5.74) is 1.95. The molecule has 0 radical (unpaired) electrons. The Bertz CT molecular complexity index is 1060. The zero-order chi connectivity index (χ0) is 19.8. The van der Waals surface area contributed by atoms with Gasteiger partial charge in [-0.25, -0.2) is 5.01 Å². The predicted octanol–water partition coefficient (Wildman–Crippen LogP) is 2.13. The van der Waals surface area contributed by atoms with Crippen molar-refractivity contribution >= 4 is 22.1 Å². The summed E-state index contributed by atoms with van der Waals surface area (Å²) in [6, 6.07) is 8.14. The maximum absolute atomic E-state index is 12.5. The summed E-state index contributed by atoms with van der Waals surface area (Å²) in [5.74, 6) is 0.789. The van der Waals surface area contributed by atoms with Gasteiger partial charge in [0.2, 0.25) is 0 Å². The first-order chi connectivity index (χ1) is 12.8. The van der Waals surface area contributed by atoms with Crippen molar-refractivity contribution in [1.29, 1.82) is 0 Å². The van der Waals surface area contributed by atoms with Crippen molar-refractivity contribution in [2.75, 3.05) is 21.3 Å². The number of ether oxygens (including phenoxy) is 2. The minimum Gasteiger partial charge on any atom is -0.504 e. The van der Waals surface area contributed by atoms with Crippen molar-refractivity contribution in [1.82, 2.24) is 5.01 Å². The van der Waals surface area contributed by atoms with E-state index in [2.05, 4.69) is 9.50 Å². The maximum atomic E-state index is 12.5. The van der Waals surface area contributed by atoms with Gasteiger partial charge in [0.25, 0.3) is 10.0 Å². The fourth-order valence-electron chi connectivity index (χ4n) is 2.75. The van der Waals surface area contributed by atoms with Crippen LogP contribution in [0.1, 0.15) is 16.7 Å². The molecule has 8 nitrogen and oxygen atoms in total. The lowest BCUT2D eigenvalue weighted by Crippen LogP contribution is -2.21. The summed E-state index contributed by atoms with van der Waals surface area (Å²) < 4.78 is 39.1. The van der Waals surface area contributed by atoms with Crippen LogP contribution in [0.15, 0.2) is 44.7 Å². The number of aromatic hydroxyl groups is 1. The molecule has 3 rings (SSSR count). The largest absolute Gasteiger partial charge is 0.504 e. The van der Waals surface area contributed by atoms with Gasteiger partial charge in [-0.3, -0.25) is 0 Å². The number of methoxy groups -OCH3 is 2. The first kappa shape index (κ1) is 18.7. The Morgan fingerprint density at radius 1 is 1.15 bits per heavy atom. The molecule has 2 aromatic rings. The van der Waals surface area contributed by atoms with Gasteiger partial charge >= 0.3 is 0 Å². The highest BCUT2D eigenvalue weighted by Crippen LogP contribution is 2.36. The van der Waals surface area contributed by atoms with Crippen LogP contribution in [0.5, 0.6) is 17.2 Å². The highest BCUT2D eigenvalue weighted by molar-refractivity contribution is 7.90. The zero-order valence-corrected chi connectivity index (χ0v) is 16.1. The molecule has 0 bridgehead atoms. The zero-order valence-electron chi connectivity index (χ0n) is 15.3. The van der Waals surface area contributed by atoms with Gasteiger partial charge in [0.05, 0.1) is 20.4 Å². The molecule has 2 aromatic carbocycles. The third-order valence-electron chi connectivity index (χ3n) is 4.01. The minimum absolute atomic E-state index is 0.0192. The molecule has 27 heavy (non-hydrogen) atoms. The maximum Gasteiger partial charge on any atom is 0.288 e. The van der Waals surface area contributed by atoms with Crippen LogP contribution in [0.2, 0.25) is 0 Å². The van der Waals surface area contributed by atoms with E-state index in [1.807, 2.05) is 6.92 Å². The van der Waals surface area contributed by atoms with Crippen LogP contribution >= 0.6 is 0 Å². The van der Waals surface area contributed by atoms with E-state index in [4.69, 9.17) is 9.47 Å². The fraction of sp³-hybridized carbons (Fsp3) is 0.222. The first-order valence-electron chi connectivity index (χ1n) is 7.95. The number of benzene rings is 2. The number of fused-ring (bicyclic) bond motifs is 1. The molecular weight excluding hydrogens is 370 g/mol. The Morgan fingerprint density at radius 3 is 2.52 bits per heavy atom. The van der Waals surface area contributed by atoms with E-state index in [0.717, 1.165) is 5.56 Å². The van der Waals surface area contributed by atoms with E-state index in [1.165, 1.54) is 31.5 Å². The lowest BCUT2D eigenvalue weighted by Gasteiger charge is -2.14. The van der Waals surface area contributed by atoms with E-state index in [1.54, 1.807) is 31.3 Å². The molecule has 9 heteroatoms. The van der Waals surface area contributed by atoms with Crippen LogP contribution < -0.4 is 9.47 Å². The molecule has 142 valence electrons. The minimum atomic E-state index is -3.86. The monoisotopic (exact) mass is 389 g/mol. The number of phenols is 1. The van der Waals surface area contributed by atoms with Gasteiger partial charge in [-0.1, -0.05) is 0 Å². The molecule has 0 spiro atoms. The second-order valence-electron chi connectivity index (χ2n) is 5.93. The predicted molar refractivity (Wildman–Crippen MR) is 101 cm³/mol. The summed E-state index contributed by atoms with van der Waals surface area (Å²) in [4.78, 5) is 0.0407. The van der Waals surface area contributed by atoms with Crippen LogP contribution in [-0.4, -0.2) is 51.9 Å². The average Bonchev–Trinajstić information content (AvgIpc) is 2.91. The SMILES string of the molecule is COc1cc(C=NN(C)C2=NS(=O)(=O)c3c(OC)cc(C)cc32)ccc1O. The van der Waals surface area contributed by atoms with Gasteiger partial charge in [-0.15, -0.1) is 4.40 Å². The van der Waals surface area contributed by atoms with Gasteiger partial charge in [-0.2, -0.15) is 13.5 Å². The van der Waals surface area contributed by atoms with Crippen LogP contribution in [0, 0.1) is 6.92 Å². The average molecular weight is 389 g/mol. The second-order valence-corrected chi connectivity index (χ2v) is 7.47.